The lowest BCUT2D eigenvalue weighted by Crippen LogP contribution is -2.39. The number of hydrogen-bond donors (Lipinski definition) is 0. The summed E-state index contributed by atoms with van der Waals surface area (Å²) in [6.07, 6.45) is 3.31. The zero-order chi connectivity index (χ0) is 19.8. The van der Waals surface area contributed by atoms with E-state index in [2.05, 4.69) is 32.0 Å². The van der Waals surface area contributed by atoms with Crippen LogP contribution >= 0.6 is 0 Å². The Morgan fingerprint density at radius 2 is 1.75 bits per heavy atom. The highest BCUT2D eigenvalue weighted by molar-refractivity contribution is 5.47. The van der Waals surface area contributed by atoms with Crippen LogP contribution in [0.25, 0.3) is 5.82 Å². The van der Waals surface area contributed by atoms with Gasteiger partial charge in [0.05, 0.1) is 11.7 Å². The molecule has 0 spiro atoms. The molecule has 0 radical (unpaired) electrons. The van der Waals surface area contributed by atoms with Crippen LogP contribution in [-0.2, 0) is 0 Å². The summed E-state index contributed by atoms with van der Waals surface area (Å²) in [5, 5.41) is 9.11. The highest BCUT2D eigenvalue weighted by Crippen LogP contribution is 2.26. The first-order valence-corrected chi connectivity index (χ1v) is 9.60. The normalized spacial score (nSPS) is 15.2. The van der Waals surface area contributed by atoms with Crippen molar-refractivity contribution in [1.82, 2.24) is 29.5 Å². The van der Waals surface area contributed by atoms with Gasteiger partial charge in [-0.2, -0.15) is 5.10 Å². The number of aryl methyl sites for hydroxylation is 3. The third-order valence-electron chi connectivity index (χ3n) is 5.46. The van der Waals surface area contributed by atoms with E-state index < -0.39 is 0 Å². The lowest BCUT2D eigenvalue weighted by atomic mass is 10.0. The average Bonchev–Trinajstić information content (AvgIpc) is 3.03. The molecule has 3 aromatic heterocycles. The maximum absolute atomic E-state index is 12.5. The fourth-order valence-corrected chi connectivity index (χ4v) is 3.82. The first-order valence-electron chi connectivity index (χ1n) is 9.60. The fourth-order valence-electron chi connectivity index (χ4n) is 3.82. The Morgan fingerprint density at radius 3 is 2.43 bits per heavy atom. The topological polar surface area (TPSA) is 81.7 Å². The maximum atomic E-state index is 12.5. The van der Waals surface area contributed by atoms with Crippen LogP contribution in [0.1, 0.15) is 41.5 Å². The van der Waals surface area contributed by atoms with E-state index in [1.165, 1.54) is 0 Å². The molecule has 8 nitrogen and oxygen atoms in total. The van der Waals surface area contributed by atoms with E-state index in [9.17, 15) is 4.79 Å². The summed E-state index contributed by atoms with van der Waals surface area (Å²) < 4.78 is 3.41. The van der Waals surface area contributed by atoms with Gasteiger partial charge in [0.1, 0.15) is 12.1 Å². The van der Waals surface area contributed by atoms with Gasteiger partial charge in [-0.05, 0) is 52.7 Å². The molecule has 0 N–H and O–H groups in total. The third-order valence-corrected chi connectivity index (χ3v) is 5.46. The lowest BCUT2D eigenvalue weighted by Gasteiger charge is -2.33. The minimum Gasteiger partial charge on any atom is -0.356 e. The molecule has 3 aromatic rings. The van der Waals surface area contributed by atoms with Crippen LogP contribution in [0.5, 0.6) is 0 Å². The van der Waals surface area contributed by atoms with E-state index in [4.69, 9.17) is 0 Å². The summed E-state index contributed by atoms with van der Waals surface area (Å²) in [4.78, 5) is 23.5. The minimum atomic E-state index is -0.0715. The Bertz CT molecular complexity index is 1060. The molecular formula is C20H25N7O. The molecule has 0 saturated carbocycles. The van der Waals surface area contributed by atoms with Crippen molar-refractivity contribution in [1.29, 1.82) is 0 Å². The molecule has 146 valence electrons. The Labute approximate surface area is 163 Å². The highest BCUT2D eigenvalue weighted by Gasteiger charge is 2.24. The predicted molar refractivity (Wildman–Crippen MR) is 107 cm³/mol. The molecule has 0 bridgehead atoms. The van der Waals surface area contributed by atoms with E-state index in [0.29, 0.717) is 5.82 Å². The molecule has 0 atom stereocenters. The van der Waals surface area contributed by atoms with E-state index in [1.807, 2.05) is 26.8 Å². The second-order valence-corrected chi connectivity index (χ2v) is 7.44. The van der Waals surface area contributed by atoms with Crippen molar-refractivity contribution in [3.8, 4) is 5.82 Å². The monoisotopic (exact) mass is 379 g/mol. The van der Waals surface area contributed by atoms with Gasteiger partial charge in [-0.15, -0.1) is 5.10 Å². The Hall–Kier alpha value is -3.03. The molecule has 1 aliphatic rings. The molecule has 1 fully saturated rings. The van der Waals surface area contributed by atoms with Crippen LogP contribution in [0.3, 0.4) is 0 Å². The van der Waals surface area contributed by atoms with Crippen LogP contribution in [0.4, 0.5) is 5.82 Å². The van der Waals surface area contributed by atoms with Gasteiger partial charge in [0, 0.05) is 36.1 Å². The van der Waals surface area contributed by atoms with E-state index >= 15 is 0 Å². The average molecular weight is 379 g/mol. The van der Waals surface area contributed by atoms with Gasteiger partial charge in [-0.3, -0.25) is 4.79 Å². The molecule has 0 amide bonds. The highest BCUT2D eigenvalue weighted by atomic mass is 16.1. The SMILES string of the molecule is Cc1cc(C)n(-c2ccc(=O)n(C3CCN(c4ncnc(C)c4C)CC3)n2)n1. The zero-order valence-electron chi connectivity index (χ0n) is 16.8. The van der Waals surface area contributed by atoms with E-state index in [1.54, 1.807) is 27.8 Å². The second-order valence-electron chi connectivity index (χ2n) is 7.44. The van der Waals surface area contributed by atoms with Crippen molar-refractivity contribution in [3.63, 3.8) is 0 Å². The van der Waals surface area contributed by atoms with Gasteiger partial charge < -0.3 is 4.90 Å². The van der Waals surface area contributed by atoms with Gasteiger partial charge in [0.2, 0.25) is 0 Å². The van der Waals surface area contributed by atoms with Crippen molar-refractivity contribution in [2.45, 2.75) is 46.6 Å². The summed E-state index contributed by atoms with van der Waals surface area (Å²) in [6, 6.07) is 5.40. The third kappa shape index (κ3) is 3.30. The largest absolute Gasteiger partial charge is 0.356 e. The maximum Gasteiger partial charge on any atom is 0.267 e. The Kier molecular flexibility index (Phi) is 4.70. The van der Waals surface area contributed by atoms with Gasteiger partial charge in [-0.25, -0.2) is 19.3 Å². The number of anilines is 1. The molecule has 8 heteroatoms. The molecule has 4 rings (SSSR count). The van der Waals surface area contributed by atoms with Crippen molar-refractivity contribution in [3.05, 3.63) is 57.5 Å². The summed E-state index contributed by atoms with van der Waals surface area (Å²) in [5.41, 5.74) is 3.98. The summed E-state index contributed by atoms with van der Waals surface area (Å²) in [7, 11) is 0. The second kappa shape index (κ2) is 7.18. The number of hydrogen-bond acceptors (Lipinski definition) is 6. The zero-order valence-corrected chi connectivity index (χ0v) is 16.8. The van der Waals surface area contributed by atoms with Crippen molar-refractivity contribution >= 4 is 5.82 Å². The molecule has 0 aliphatic carbocycles. The van der Waals surface area contributed by atoms with Gasteiger partial charge >= 0.3 is 0 Å². The summed E-state index contributed by atoms with van der Waals surface area (Å²) in [5.74, 6) is 1.66. The number of rotatable bonds is 3. The molecular weight excluding hydrogens is 354 g/mol. The molecule has 28 heavy (non-hydrogen) atoms. The summed E-state index contributed by atoms with van der Waals surface area (Å²) in [6.45, 7) is 9.66. The van der Waals surface area contributed by atoms with Gasteiger partial charge in [0.25, 0.3) is 5.56 Å². The van der Waals surface area contributed by atoms with Crippen LogP contribution in [0.15, 0.2) is 29.3 Å². The van der Waals surface area contributed by atoms with E-state index in [0.717, 1.165) is 54.4 Å². The predicted octanol–water partition coefficient (Wildman–Crippen LogP) is 2.29. The first-order chi connectivity index (χ1) is 13.4. The van der Waals surface area contributed by atoms with E-state index in [-0.39, 0.29) is 11.6 Å². The van der Waals surface area contributed by atoms with Crippen molar-refractivity contribution < 1.29 is 0 Å². The van der Waals surface area contributed by atoms with Crippen LogP contribution in [0.2, 0.25) is 0 Å². The molecule has 1 saturated heterocycles. The minimum absolute atomic E-state index is 0.0715. The summed E-state index contributed by atoms with van der Waals surface area (Å²) >= 11 is 0. The fraction of sp³-hybridized carbons (Fsp3) is 0.450. The Morgan fingerprint density at radius 1 is 1.00 bits per heavy atom. The first kappa shape index (κ1) is 18.3. The smallest absolute Gasteiger partial charge is 0.267 e. The van der Waals surface area contributed by atoms with Crippen LogP contribution in [0, 0.1) is 27.7 Å². The number of aromatic nitrogens is 6. The lowest BCUT2D eigenvalue weighted by molar-refractivity contribution is 0.350. The quantitative estimate of drug-likeness (QED) is 0.694. The van der Waals surface area contributed by atoms with Crippen LogP contribution < -0.4 is 10.5 Å². The van der Waals surface area contributed by atoms with Gasteiger partial charge in [-0.1, -0.05) is 0 Å². The Balaban J connectivity index is 1.56. The van der Waals surface area contributed by atoms with Crippen LogP contribution in [-0.4, -0.2) is 42.6 Å². The van der Waals surface area contributed by atoms with Crippen molar-refractivity contribution in [2.75, 3.05) is 18.0 Å². The number of piperidine rings is 1. The molecule has 0 aromatic carbocycles. The number of nitrogens with zero attached hydrogens (tertiary/aromatic N) is 7. The van der Waals surface area contributed by atoms with Gasteiger partial charge in [0.15, 0.2) is 5.82 Å². The molecule has 4 heterocycles. The molecule has 1 aliphatic heterocycles. The molecule has 0 unspecified atom stereocenters. The standard InChI is InChI=1S/C20H25N7O/c1-13-11-14(2)26(23-13)18-5-6-19(28)27(24-18)17-7-9-25(10-8-17)20-15(3)16(4)21-12-22-20/h5-6,11-12,17H,7-10H2,1-4H3. The van der Waals surface area contributed by atoms with Crippen molar-refractivity contribution in [2.24, 2.45) is 0 Å².